The van der Waals surface area contributed by atoms with Crippen molar-refractivity contribution in [2.24, 2.45) is 0 Å². The number of amides is 1. The van der Waals surface area contributed by atoms with E-state index in [9.17, 15) is 4.79 Å². The molecule has 3 heteroatoms. The van der Waals surface area contributed by atoms with Gasteiger partial charge in [-0.25, -0.2) is 0 Å². The average Bonchev–Trinajstić information content (AvgIpc) is 2.36. The minimum Gasteiger partial charge on any atom is -0.337 e. The maximum absolute atomic E-state index is 11.6. The minimum atomic E-state index is 0.174. The van der Waals surface area contributed by atoms with Crippen molar-refractivity contribution in [2.75, 3.05) is 19.3 Å². The first-order chi connectivity index (χ1) is 8.15. The van der Waals surface area contributed by atoms with E-state index in [0.29, 0.717) is 5.92 Å². The third-order valence-electron chi connectivity index (χ3n) is 2.85. The van der Waals surface area contributed by atoms with Crippen LogP contribution in [0.3, 0.4) is 0 Å². The van der Waals surface area contributed by atoms with Crippen LogP contribution in [0.5, 0.6) is 0 Å². The fourth-order valence-corrected chi connectivity index (χ4v) is 2.22. The summed E-state index contributed by atoms with van der Waals surface area (Å²) in [5, 5.41) is 0.174. The fraction of sp³-hybridized carbons (Fsp3) is 0.500. The molecule has 1 unspecified atom stereocenters. The van der Waals surface area contributed by atoms with Crippen LogP contribution in [0.1, 0.15) is 31.7 Å². The first kappa shape index (κ1) is 14.1. The Hall–Kier alpha value is -0.960. The van der Waals surface area contributed by atoms with Crippen molar-refractivity contribution in [3.63, 3.8) is 0 Å². The quantitative estimate of drug-likeness (QED) is 0.788. The van der Waals surface area contributed by atoms with Gasteiger partial charge in [0.2, 0.25) is 0 Å². The van der Waals surface area contributed by atoms with Crippen LogP contribution >= 0.6 is 11.8 Å². The molecule has 1 aromatic carbocycles. The van der Waals surface area contributed by atoms with Crippen LogP contribution in [0.15, 0.2) is 30.3 Å². The molecule has 1 rings (SSSR count). The lowest BCUT2D eigenvalue weighted by atomic mass is 9.98. The Morgan fingerprint density at radius 2 is 2.00 bits per heavy atom. The third-order valence-corrected chi connectivity index (χ3v) is 3.69. The Labute approximate surface area is 108 Å². The summed E-state index contributed by atoms with van der Waals surface area (Å²) in [7, 11) is 1.88. The molecule has 0 bridgehead atoms. The predicted octanol–water partition coefficient (Wildman–Crippen LogP) is 3.99. The van der Waals surface area contributed by atoms with Crippen LogP contribution in [0.25, 0.3) is 0 Å². The van der Waals surface area contributed by atoms with E-state index in [1.54, 1.807) is 0 Å². The SMILES string of the molecule is CCSC(=O)N(C)CCC(C)c1ccccc1. The standard InChI is InChI=1S/C14H21NOS/c1-4-17-14(16)15(3)11-10-12(2)13-8-6-5-7-9-13/h5-9,12H,4,10-11H2,1-3H3. The molecule has 1 aromatic rings. The molecule has 0 N–H and O–H groups in total. The van der Waals surface area contributed by atoms with Crippen LogP contribution in [-0.4, -0.2) is 29.5 Å². The van der Waals surface area contributed by atoms with Gasteiger partial charge < -0.3 is 4.90 Å². The predicted molar refractivity (Wildman–Crippen MR) is 75.6 cm³/mol. The molecule has 0 spiro atoms. The molecule has 0 aromatic heterocycles. The summed E-state index contributed by atoms with van der Waals surface area (Å²) in [5.74, 6) is 1.34. The molecule has 1 amide bonds. The normalized spacial score (nSPS) is 12.2. The molecule has 2 nitrogen and oxygen atoms in total. The van der Waals surface area contributed by atoms with E-state index < -0.39 is 0 Å². The van der Waals surface area contributed by atoms with E-state index in [1.807, 2.05) is 24.9 Å². The first-order valence-electron chi connectivity index (χ1n) is 6.08. The van der Waals surface area contributed by atoms with Gasteiger partial charge in [-0.1, -0.05) is 55.9 Å². The zero-order chi connectivity index (χ0) is 12.7. The van der Waals surface area contributed by atoms with Gasteiger partial charge in [-0.2, -0.15) is 0 Å². The number of carbonyl (C=O) groups is 1. The lowest BCUT2D eigenvalue weighted by Crippen LogP contribution is -2.24. The Kier molecular flexibility index (Phi) is 6.12. The van der Waals surface area contributed by atoms with E-state index >= 15 is 0 Å². The number of thioether (sulfide) groups is 1. The highest BCUT2D eigenvalue weighted by molar-refractivity contribution is 8.13. The lowest BCUT2D eigenvalue weighted by Gasteiger charge is -2.19. The van der Waals surface area contributed by atoms with Crippen molar-refractivity contribution in [1.82, 2.24) is 4.90 Å². The molecule has 0 radical (unpaired) electrons. The van der Waals surface area contributed by atoms with Crippen LogP contribution in [0.4, 0.5) is 4.79 Å². The number of rotatable bonds is 5. The summed E-state index contributed by atoms with van der Waals surface area (Å²) < 4.78 is 0. The molecule has 17 heavy (non-hydrogen) atoms. The Bertz CT molecular complexity index is 339. The first-order valence-corrected chi connectivity index (χ1v) is 7.06. The number of hydrogen-bond acceptors (Lipinski definition) is 2. The summed E-state index contributed by atoms with van der Waals surface area (Å²) >= 11 is 1.37. The second-order valence-electron chi connectivity index (χ2n) is 4.22. The van der Waals surface area contributed by atoms with Crippen molar-refractivity contribution >= 4 is 17.0 Å². The van der Waals surface area contributed by atoms with Gasteiger partial charge in [-0.3, -0.25) is 4.79 Å². The van der Waals surface area contributed by atoms with Crippen molar-refractivity contribution in [1.29, 1.82) is 0 Å². The molecular weight excluding hydrogens is 230 g/mol. The molecule has 0 fully saturated rings. The van der Waals surface area contributed by atoms with E-state index in [0.717, 1.165) is 18.7 Å². The average molecular weight is 251 g/mol. The van der Waals surface area contributed by atoms with Crippen LogP contribution in [-0.2, 0) is 0 Å². The van der Waals surface area contributed by atoms with Crippen LogP contribution in [0.2, 0.25) is 0 Å². The van der Waals surface area contributed by atoms with Crippen molar-refractivity contribution in [3.8, 4) is 0 Å². The molecular formula is C14H21NOS. The number of nitrogens with zero attached hydrogens (tertiary/aromatic N) is 1. The lowest BCUT2D eigenvalue weighted by molar-refractivity contribution is 0.232. The molecule has 0 saturated carbocycles. The molecule has 1 atom stereocenters. The smallest absolute Gasteiger partial charge is 0.281 e. The highest BCUT2D eigenvalue weighted by atomic mass is 32.2. The van der Waals surface area contributed by atoms with Gasteiger partial charge in [-0.15, -0.1) is 0 Å². The van der Waals surface area contributed by atoms with E-state index in [-0.39, 0.29) is 5.24 Å². The summed E-state index contributed by atoms with van der Waals surface area (Å²) in [5.41, 5.74) is 1.34. The third kappa shape index (κ3) is 4.82. The number of benzene rings is 1. The van der Waals surface area contributed by atoms with Crippen LogP contribution in [0, 0.1) is 0 Å². The van der Waals surface area contributed by atoms with E-state index in [1.165, 1.54) is 17.3 Å². The largest absolute Gasteiger partial charge is 0.337 e. The monoisotopic (exact) mass is 251 g/mol. The van der Waals surface area contributed by atoms with Gasteiger partial charge in [0.15, 0.2) is 0 Å². The van der Waals surface area contributed by atoms with Gasteiger partial charge >= 0.3 is 0 Å². The maximum Gasteiger partial charge on any atom is 0.281 e. The van der Waals surface area contributed by atoms with Crippen molar-refractivity contribution in [2.45, 2.75) is 26.2 Å². The zero-order valence-corrected chi connectivity index (χ0v) is 11.7. The second-order valence-corrected chi connectivity index (χ2v) is 5.44. The molecule has 94 valence electrons. The summed E-state index contributed by atoms with van der Waals surface area (Å²) in [6.07, 6.45) is 1.01. The number of hydrogen-bond donors (Lipinski definition) is 0. The molecule has 0 heterocycles. The van der Waals surface area contributed by atoms with Gasteiger partial charge in [0.05, 0.1) is 0 Å². The zero-order valence-electron chi connectivity index (χ0n) is 10.8. The minimum absolute atomic E-state index is 0.174. The van der Waals surface area contributed by atoms with E-state index in [4.69, 9.17) is 0 Å². The highest BCUT2D eigenvalue weighted by Gasteiger charge is 2.10. The fourth-order valence-electron chi connectivity index (χ4n) is 1.66. The van der Waals surface area contributed by atoms with E-state index in [2.05, 4.69) is 31.2 Å². The molecule has 0 aliphatic carbocycles. The molecule has 0 aliphatic heterocycles. The summed E-state index contributed by atoms with van der Waals surface area (Å²) in [4.78, 5) is 13.4. The van der Waals surface area contributed by atoms with Crippen molar-refractivity contribution < 1.29 is 4.79 Å². The Balaban J connectivity index is 2.38. The topological polar surface area (TPSA) is 20.3 Å². The summed E-state index contributed by atoms with van der Waals surface area (Å²) in [6, 6.07) is 10.4. The number of carbonyl (C=O) groups excluding carboxylic acids is 1. The molecule has 0 saturated heterocycles. The Morgan fingerprint density at radius 1 is 1.35 bits per heavy atom. The second kappa shape index (κ2) is 7.38. The van der Waals surface area contributed by atoms with Gasteiger partial charge in [0.1, 0.15) is 0 Å². The van der Waals surface area contributed by atoms with Gasteiger partial charge in [-0.05, 0) is 23.7 Å². The van der Waals surface area contributed by atoms with Gasteiger partial charge in [0.25, 0.3) is 5.24 Å². The Morgan fingerprint density at radius 3 is 2.59 bits per heavy atom. The van der Waals surface area contributed by atoms with Crippen molar-refractivity contribution in [3.05, 3.63) is 35.9 Å². The van der Waals surface area contributed by atoms with Crippen LogP contribution < -0.4 is 0 Å². The van der Waals surface area contributed by atoms with Gasteiger partial charge in [0, 0.05) is 13.6 Å². The summed E-state index contributed by atoms with van der Waals surface area (Å²) in [6.45, 7) is 5.03. The molecule has 0 aliphatic rings. The maximum atomic E-state index is 11.6. The highest BCUT2D eigenvalue weighted by Crippen LogP contribution is 2.19.